The summed E-state index contributed by atoms with van der Waals surface area (Å²) in [6.45, 7) is 11.2. The SMILES string of the molecule is CCCCCCCCCCCCCC[C@H]1OC(C)(C)O[C@@H]1[C@H](CO)NC(=O)OC(C)(C)C. The van der Waals surface area contributed by atoms with E-state index in [-0.39, 0.29) is 12.7 Å². The van der Waals surface area contributed by atoms with E-state index in [1.165, 1.54) is 70.6 Å². The third-order valence-electron chi connectivity index (χ3n) is 5.86. The second-order valence-corrected chi connectivity index (χ2v) is 10.8. The monoisotopic (exact) mass is 457 g/mol. The topological polar surface area (TPSA) is 77.0 Å². The van der Waals surface area contributed by atoms with Crippen molar-refractivity contribution in [2.24, 2.45) is 0 Å². The maximum Gasteiger partial charge on any atom is 0.408 e. The molecule has 0 saturated carbocycles. The zero-order valence-electron chi connectivity index (χ0n) is 21.7. The molecule has 0 aromatic carbocycles. The Morgan fingerprint density at radius 1 is 0.938 bits per heavy atom. The van der Waals surface area contributed by atoms with Gasteiger partial charge < -0.3 is 24.6 Å². The first-order valence-corrected chi connectivity index (χ1v) is 13.0. The molecule has 0 unspecified atom stereocenters. The van der Waals surface area contributed by atoms with E-state index in [4.69, 9.17) is 14.2 Å². The minimum atomic E-state index is -0.727. The molecule has 1 heterocycles. The molecule has 1 aliphatic heterocycles. The molecule has 2 N–H and O–H groups in total. The number of aliphatic hydroxyl groups excluding tert-OH is 1. The summed E-state index contributed by atoms with van der Waals surface area (Å²) in [5.74, 6) is -0.727. The summed E-state index contributed by atoms with van der Waals surface area (Å²) in [5, 5.41) is 12.7. The minimum absolute atomic E-state index is 0.153. The van der Waals surface area contributed by atoms with Gasteiger partial charge in [0.15, 0.2) is 5.79 Å². The molecule has 3 atom stereocenters. The van der Waals surface area contributed by atoms with E-state index in [0.717, 1.165) is 12.8 Å². The van der Waals surface area contributed by atoms with Crippen LogP contribution in [-0.4, -0.2) is 47.4 Å². The first-order valence-electron chi connectivity index (χ1n) is 13.0. The Kier molecular flexibility index (Phi) is 13.8. The van der Waals surface area contributed by atoms with Crippen LogP contribution in [0.25, 0.3) is 0 Å². The van der Waals surface area contributed by atoms with Crippen LogP contribution in [0.4, 0.5) is 4.79 Å². The van der Waals surface area contributed by atoms with Crippen LogP contribution in [0.2, 0.25) is 0 Å². The highest BCUT2D eigenvalue weighted by Gasteiger charge is 2.45. The van der Waals surface area contributed by atoms with Crippen LogP contribution in [0.15, 0.2) is 0 Å². The van der Waals surface area contributed by atoms with E-state index in [1.807, 2.05) is 34.6 Å². The fourth-order valence-electron chi connectivity index (χ4n) is 4.30. The van der Waals surface area contributed by atoms with E-state index in [2.05, 4.69) is 12.2 Å². The van der Waals surface area contributed by atoms with Gasteiger partial charge in [0.1, 0.15) is 11.7 Å². The highest BCUT2D eigenvalue weighted by molar-refractivity contribution is 5.68. The summed E-state index contributed by atoms with van der Waals surface area (Å²) >= 11 is 0. The quantitative estimate of drug-likeness (QED) is 0.259. The largest absolute Gasteiger partial charge is 0.444 e. The van der Waals surface area contributed by atoms with Gasteiger partial charge in [0.2, 0.25) is 0 Å². The van der Waals surface area contributed by atoms with Crippen LogP contribution in [-0.2, 0) is 14.2 Å². The summed E-state index contributed by atoms with van der Waals surface area (Å²) in [6.07, 6.45) is 15.5. The van der Waals surface area contributed by atoms with E-state index in [9.17, 15) is 9.90 Å². The smallest absolute Gasteiger partial charge is 0.408 e. The first kappa shape index (κ1) is 29.2. The molecule has 0 aliphatic carbocycles. The van der Waals surface area contributed by atoms with Gasteiger partial charge in [0.05, 0.1) is 18.8 Å². The van der Waals surface area contributed by atoms with Crippen molar-refractivity contribution in [2.45, 2.75) is 155 Å². The molecule has 0 bridgehead atoms. The molecule has 6 heteroatoms. The number of amides is 1. The molecule has 32 heavy (non-hydrogen) atoms. The lowest BCUT2D eigenvalue weighted by Gasteiger charge is -2.28. The fourth-order valence-corrected chi connectivity index (χ4v) is 4.30. The Labute approximate surface area is 197 Å². The Hall–Kier alpha value is -0.850. The van der Waals surface area contributed by atoms with Gasteiger partial charge in [0.25, 0.3) is 0 Å². The Morgan fingerprint density at radius 2 is 1.44 bits per heavy atom. The fraction of sp³-hybridized carbons (Fsp3) is 0.962. The number of nitrogens with one attached hydrogen (secondary N) is 1. The summed E-state index contributed by atoms with van der Waals surface area (Å²) in [6, 6.07) is -0.561. The molecule has 190 valence electrons. The second-order valence-electron chi connectivity index (χ2n) is 10.8. The van der Waals surface area contributed by atoms with E-state index in [0.29, 0.717) is 0 Å². The van der Waals surface area contributed by atoms with E-state index >= 15 is 0 Å². The summed E-state index contributed by atoms with van der Waals surface area (Å²) < 4.78 is 17.5. The van der Waals surface area contributed by atoms with Crippen LogP contribution in [0.3, 0.4) is 0 Å². The number of unbranched alkanes of at least 4 members (excludes halogenated alkanes) is 11. The van der Waals surface area contributed by atoms with Gasteiger partial charge >= 0.3 is 6.09 Å². The molecule has 0 radical (unpaired) electrons. The second kappa shape index (κ2) is 15.1. The van der Waals surface area contributed by atoms with Crippen molar-refractivity contribution in [3.8, 4) is 0 Å². The van der Waals surface area contributed by atoms with Crippen molar-refractivity contribution >= 4 is 6.09 Å². The van der Waals surface area contributed by atoms with Crippen molar-refractivity contribution in [1.29, 1.82) is 0 Å². The Morgan fingerprint density at radius 3 is 1.91 bits per heavy atom. The third-order valence-corrected chi connectivity index (χ3v) is 5.86. The van der Waals surface area contributed by atoms with Crippen LogP contribution in [0.1, 0.15) is 125 Å². The molecular weight excluding hydrogens is 406 g/mol. The van der Waals surface area contributed by atoms with E-state index < -0.39 is 29.6 Å². The van der Waals surface area contributed by atoms with Gasteiger partial charge in [-0.25, -0.2) is 4.79 Å². The standard InChI is InChI=1S/C26H51NO5/c1-7-8-9-10-11-12-13-14-15-16-17-18-19-22-23(31-26(5,6)30-22)21(20-28)27-24(29)32-25(2,3)4/h21-23,28H,7-20H2,1-6H3,(H,27,29)/t21-,22+,23+/m0/s1. The minimum Gasteiger partial charge on any atom is -0.444 e. The number of carbonyl (C=O) groups is 1. The van der Waals surface area contributed by atoms with Crippen molar-refractivity contribution in [2.75, 3.05) is 6.61 Å². The van der Waals surface area contributed by atoms with Gasteiger partial charge in [-0.2, -0.15) is 0 Å². The Bertz CT molecular complexity index is 503. The van der Waals surface area contributed by atoms with Crippen LogP contribution < -0.4 is 5.32 Å². The molecule has 0 aromatic heterocycles. The van der Waals surface area contributed by atoms with Crippen LogP contribution in [0.5, 0.6) is 0 Å². The van der Waals surface area contributed by atoms with Gasteiger partial charge in [-0.05, 0) is 41.0 Å². The summed E-state index contributed by atoms with van der Waals surface area (Å²) in [7, 11) is 0. The zero-order chi connectivity index (χ0) is 24.0. The van der Waals surface area contributed by atoms with Gasteiger partial charge in [-0.1, -0.05) is 84.0 Å². The maximum atomic E-state index is 12.2. The zero-order valence-corrected chi connectivity index (χ0v) is 21.7. The maximum absolute atomic E-state index is 12.2. The van der Waals surface area contributed by atoms with Crippen molar-refractivity contribution in [1.82, 2.24) is 5.32 Å². The molecule has 1 saturated heterocycles. The van der Waals surface area contributed by atoms with Crippen molar-refractivity contribution < 1.29 is 24.1 Å². The lowest BCUT2D eigenvalue weighted by Crippen LogP contribution is -2.51. The lowest BCUT2D eigenvalue weighted by molar-refractivity contribution is -0.149. The highest BCUT2D eigenvalue weighted by Crippen LogP contribution is 2.33. The number of hydrogen-bond acceptors (Lipinski definition) is 5. The average molecular weight is 458 g/mol. The molecule has 1 aliphatic rings. The number of ether oxygens (including phenoxy) is 3. The number of hydrogen-bond donors (Lipinski definition) is 2. The average Bonchev–Trinajstić information content (AvgIpc) is 3.00. The predicted molar refractivity (Wildman–Crippen MR) is 130 cm³/mol. The number of carbonyl (C=O) groups excluding carboxylic acids is 1. The molecule has 0 aromatic rings. The van der Waals surface area contributed by atoms with Crippen LogP contribution in [0, 0.1) is 0 Å². The summed E-state index contributed by atoms with van der Waals surface area (Å²) in [4.78, 5) is 12.2. The van der Waals surface area contributed by atoms with Gasteiger partial charge in [-0.15, -0.1) is 0 Å². The lowest BCUT2D eigenvalue weighted by atomic mass is 9.99. The van der Waals surface area contributed by atoms with Crippen molar-refractivity contribution in [3.05, 3.63) is 0 Å². The van der Waals surface area contributed by atoms with Gasteiger partial charge in [-0.3, -0.25) is 0 Å². The number of alkyl carbamates (subject to hydrolysis) is 1. The molecule has 1 rings (SSSR count). The number of aliphatic hydroxyl groups is 1. The highest BCUT2D eigenvalue weighted by atomic mass is 16.8. The first-order chi connectivity index (χ1) is 15.1. The normalized spacial score (nSPS) is 21.5. The number of rotatable bonds is 16. The Balaban J connectivity index is 2.30. The summed E-state index contributed by atoms with van der Waals surface area (Å²) in [5.41, 5.74) is -0.592. The molecule has 0 spiro atoms. The van der Waals surface area contributed by atoms with Gasteiger partial charge in [0, 0.05) is 0 Å². The third kappa shape index (κ3) is 13.0. The van der Waals surface area contributed by atoms with E-state index in [1.54, 1.807) is 0 Å². The van der Waals surface area contributed by atoms with Crippen LogP contribution >= 0.6 is 0 Å². The molecule has 1 fully saturated rings. The molecular formula is C26H51NO5. The molecule has 1 amide bonds. The molecule has 6 nitrogen and oxygen atoms in total. The van der Waals surface area contributed by atoms with Crippen molar-refractivity contribution in [3.63, 3.8) is 0 Å². The predicted octanol–water partition coefficient (Wildman–Crippen LogP) is 6.48.